The van der Waals surface area contributed by atoms with E-state index >= 15 is 0 Å². The summed E-state index contributed by atoms with van der Waals surface area (Å²) in [6.07, 6.45) is 9.81. The Bertz CT molecular complexity index is 765. The first-order valence-corrected chi connectivity index (χ1v) is 12.5. The van der Waals surface area contributed by atoms with Crippen LogP contribution in [0.5, 0.6) is 0 Å². The third-order valence-electron chi connectivity index (χ3n) is 7.21. The average Bonchev–Trinajstić information content (AvgIpc) is 3.37. The van der Waals surface area contributed by atoms with E-state index in [9.17, 15) is 0 Å². The quantitative estimate of drug-likeness (QED) is 0.504. The van der Waals surface area contributed by atoms with Gasteiger partial charge in [0.1, 0.15) is 0 Å². The number of nitrogens with one attached hydrogen (secondary N) is 1. The molecule has 6 heteroatoms. The van der Waals surface area contributed by atoms with Crippen molar-refractivity contribution in [1.82, 2.24) is 15.1 Å². The Labute approximate surface area is 185 Å². The molecule has 1 N–H and O–H groups in total. The first kappa shape index (κ1) is 21.2. The Morgan fingerprint density at radius 3 is 2.62 bits per heavy atom. The molecule has 0 aromatic carbocycles. The number of likely N-dealkylation sites (tertiary alicyclic amines) is 2. The number of nitrogens with zero attached hydrogens (tertiary/aromatic N) is 3. The lowest BCUT2D eigenvalue weighted by atomic mass is 9.89. The maximum atomic E-state index is 6.24. The van der Waals surface area contributed by atoms with Crippen molar-refractivity contribution in [1.29, 1.82) is 0 Å². The van der Waals surface area contributed by atoms with Crippen LogP contribution in [-0.2, 0) is 0 Å². The predicted octanol–water partition coefficient (Wildman–Crippen LogP) is 5.46. The Kier molecular flexibility index (Phi) is 6.87. The van der Waals surface area contributed by atoms with Crippen molar-refractivity contribution in [3.05, 3.63) is 27.0 Å². The number of rotatable bonds is 4. The number of piperidine rings is 1. The highest BCUT2D eigenvalue weighted by molar-refractivity contribution is 7.11. The Hall–Kier alpha value is -1.04. The van der Waals surface area contributed by atoms with Crippen LogP contribution in [0, 0.1) is 5.92 Å². The summed E-state index contributed by atoms with van der Waals surface area (Å²) in [5.41, 5.74) is 2.48. The summed E-state index contributed by atoms with van der Waals surface area (Å²) < 4.78 is 0. The zero-order valence-corrected chi connectivity index (χ0v) is 19.7. The third kappa shape index (κ3) is 4.67. The molecule has 0 spiro atoms. The van der Waals surface area contributed by atoms with Crippen molar-refractivity contribution < 1.29 is 0 Å². The molecule has 3 fully saturated rings. The summed E-state index contributed by atoms with van der Waals surface area (Å²) in [7, 11) is 1.83. The molecule has 1 aromatic rings. The molecule has 2 saturated heterocycles. The summed E-state index contributed by atoms with van der Waals surface area (Å²) in [6, 6.07) is 3.72. The van der Waals surface area contributed by atoms with E-state index in [0.717, 1.165) is 41.1 Å². The first-order valence-electron chi connectivity index (χ1n) is 11.2. The standard InChI is InChI=1S/C23H35ClN4S/c1-16(23(26-17(2)25-3)22-13-19(24)15-29-22)27-11-10-21-18(14-27)9-12-28(21)20-7-5-4-6-8-20/h13,15,18,20-21H,4-12,14H2,1-3H3,(H,25,26)/b23-16+. The number of fused-ring (bicyclic) bond motifs is 1. The van der Waals surface area contributed by atoms with E-state index in [1.807, 2.05) is 19.4 Å². The van der Waals surface area contributed by atoms with Crippen LogP contribution in [0.25, 0.3) is 5.70 Å². The number of thiophene rings is 1. The molecule has 3 heterocycles. The molecule has 2 aliphatic heterocycles. The molecule has 2 unspecified atom stereocenters. The lowest BCUT2D eigenvalue weighted by Crippen LogP contribution is -2.49. The lowest BCUT2D eigenvalue weighted by Gasteiger charge is -2.43. The van der Waals surface area contributed by atoms with Gasteiger partial charge in [0.15, 0.2) is 0 Å². The summed E-state index contributed by atoms with van der Waals surface area (Å²) >= 11 is 7.94. The minimum atomic E-state index is 0.800. The highest BCUT2D eigenvalue weighted by atomic mass is 35.5. The smallest absolute Gasteiger partial charge is 0.0972 e. The minimum absolute atomic E-state index is 0.800. The summed E-state index contributed by atoms with van der Waals surface area (Å²) in [4.78, 5) is 11.0. The monoisotopic (exact) mass is 434 g/mol. The molecular formula is C23H35ClN4S. The molecule has 0 radical (unpaired) electrons. The average molecular weight is 435 g/mol. The van der Waals surface area contributed by atoms with Crippen LogP contribution in [-0.4, -0.2) is 54.4 Å². The topological polar surface area (TPSA) is 30.9 Å². The van der Waals surface area contributed by atoms with Gasteiger partial charge in [-0.25, -0.2) is 0 Å². The second-order valence-corrected chi connectivity index (χ2v) is 10.3. The van der Waals surface area contributed by atoms with E-state index in [1.54, 1.807) is 11.3 Å². The Balaban J connectivity index is 1.50. The van der Waals surface area contributed by atoms with E-state index in [2.05, 4.69) is 33.1 Å². The number of halogens is 1. The van der Waals surface area contributed by atoms with Gasteiger partial charge in [0.05, 0.1) is 21.4 Å². The van der Waals surface area contributed by atoms with Gasteiger partial charge in [-0.05, 0) is 58.1 Å². The number of allylic oxidation sites excluding steroid dienone is 1. The van der Waals surface area contributed by atoms with Crippen LogP contribution in [0.2, 0.25) is 5.02 Å². The van der Waals surface area contributed by atoms with Crippen LogP contribution in [0.1, 0.15) is 63.7 Å². The van der Waals surface area contributed by atoms with E-state index in [0.29, 0.717) is 0 Å². The zero-order valence-electron chi connectivity index (χ0n) is 18.1. The zero-order chi connectivity index (χ0) is 20.4. The van der Waals surface area contributed by atoms with Gasteiger partial charge in [0.25, 0.3) is 0 Å². The fourth-order valence-corrected chi connectivity index (χ4v) is 6.69. The van der Waals surface area contributed by atoms with Crippen molar-refractivity contribution in [2.45, 2.75) is 70.9 Å². The molecule has 4 nitrogen and oxygen atoms in total. The van der Waals surface area contributed by atoms with E-state index in [4.69, 9.17) is 11.6 Å². The van der Waals surface area contributed by atoms with E-state index < -0.39 is 0 Å². The lowest BCUT2D eigenvalue weighted by molar-refractivity contribution is 0.0843. The van der Waals surface area contributed by atoms with Crippen molar-refractivity contribution in [2.75, 3.05) is 26.7 Å². The molecule has 1 saturated carbocycles. The highest BCUT2D eigenvalue weighted by Crippen LogP contribution is 2.38. The molecule has 160 valence electrons. The van der Waals surface area contributed by atoms with Gasteiger partial charge >= 0.3 is 0 Å². The third-order valence-corrected chi connectivity index (χ3v) is 8.51. The van der Waals surface area contributed by atoms with Crippen LogP contribution < -0.4 is 5.32 Å². The molecule has 2 atom stereocenters. The molecule has 1 aromatic heterocycles. The van der Waals surface area contributed by atoms with Crippen LogP contribution >= 0.6 is 22.9 Å². The number of hydrogen-bond donors (Lipinski definition) is 1. The van der Waals surface area contributed by atoms with Crippen molar-refractivity contribution in [3.8, 4) is 0 Å². The van der Waals surface area contributed by atoms with Crippen LogP contribution in [0.3, 0.4) is 0 Å². The molecule has 0 bridgehead atoms. The maximum Gasteiger partial charge on any atom is 0.0972 e. The molecule has 1 aliphatic carbocycles. The minimum Gasteiger partial charge on any atom is -0.373 e. The SMILES string of the molecule is CN=C(C)N/C(=C(\C)N1CCC2C(CCN2C2CCCCC2)C1)c1cc(Cl)cs1. The van der Waals surface area contributed by atoms with Gasteiger partial charge in [0, 0.05) is 43.3 Å². The van der Waals surface area contributed by atoms with Gasteiger partial charge in [-0.2, -0.15) is 0 Å². The Morgan fingerprint density at radius 2 is 1.93 bits per heavy atom. The summed E-state index contributed by atoms with van der Waals surface area (Å²) in [6.45, 7) is 7.90. The van der Waals surface area contributed by atoms with E-state index in [-0.39, 0.29) is 0 Å². The molecule has 3 aliphatic rings. The fraction of sp³-hybridized carbons (Fsp3) is 0.696. The van der Waals surface area contributed by atoms with Crippen LogP contribution in [0.4, 0.5) is 0 Å². The van der Waals surface area contributed by atoms with Crippen molar-refractivity contribution >= 4 is 34.5 Å². The first-order chi connectivity index (χ1) is 14.1. The van der Waals surface area contributed by atoms with Gasteiger partial charge in [-0.15, -0.1) is 11.3 Å². The van der Waals surface area contributed by atoms with Crippen molar-refractivity contribution in [2.24, 2.45) is 10.9 Å². The summed E-state index contributed by atoms with van der Waals surface area (Å²) in [5, 5.41) is 6.36. The van der Waals surface area contributed by atoms with Gasteiger partial charge < -0.3 is 10.2 Å². The van der Waals surface area contributed by atoms with E-state index in [1.165, 1.54) is 68.6 Å². The van der Waals surface area contributed by atoms with Crippen LogP contribution in [0.15, 0.2) is 22.1 Å². The summed E-state index contributed by atoms with van der Waals surface area (Å²) in [5.74, 6) is 1.73. The maximum absolute atomic E-state index is 6.24. The number of amidine groups is 1. The molecule has 29 heavy (non-hydrogen) atoms. The molecular weight excluding hydrogens is 400 g/mol. The second-order valence-electron chi connectivity index (χ2n) is 8.90. The van der Waals surface area contributed by atoms with Gasteiger partial charge in [0.2, 0.25) is 0 Å². The second kappa shape index (κ2) is 9.40. The number of aliphatic imine (C=N–C) groups is 1. The molecule has 4 rings (SSSR count). The van der Waals surface area contributed by atoms with Gasteiger partial charge in [-0.1, -0.05) is 30.9 Å². The highest BCUT2D eigenvalue weighted by Gasteiger charge is 2.41. The largest absolute Gasteiger partial charge is 0.373 e. The van der Waals surface area contributed by atoms with Gasteiger partial charge in [-0.3, -0.25) is 9.89 Å². The number of hydrogen-bond acceptors (Lipinski definition) is 4. The fourth-order valence-electron chi connectivity index (χ4n) is 5.56. The van der Waals surface area contributed by atoms with Crippen molar-refractivity contribution in [3.63, 3.8) is 0 Å². The normalized spacial score (nSPS) is 27.7. The predicted molar refractivity (Wildman–Crippen MR) is 126 cm³/mol. The Morgan fingerprint density at radius 1 is 1.14 bits per heavy atom. The molecule has 0 amide bonds.